The van der Waals surface area contributed by atoms with Crippen LogP contribution < -0.4 is 11.1 Å². The van der Waals surface area contributed by atoms with E-state index < -0.39 is 5.97 Å². The first-order chi connectivity index (χ1) is 13.6. The van der Waals surface area contributed by atoms with E-state index >= 15 is 0 Å². The van der Waals surface area contributed by atoms with Crippen molar-refractivity contribution in [1.29, 1.82) is 0 Å². The van der Waals surface area contributed by atoms with Gasteiger partial charge in [0.2, 0.25) is 0 Å². The van der Waals surface area contributed by atoms with Gasteiger partial charge in [0.15, 0.2) is 0 Å². The van der Waals surface area contributed by atoms with Crippen LogP contribution in [0.5, 0.6) is 0 Å². The van der Waals surface area contributed by atoms with Crippen LogP contribution in [-0.2, 0) is 4.74 Å². The zero-order chi connectivity index (χ0) is 19.9. The molecule has 0 aromatic heterocycles. The lowest BCUT2D eigenvalue weighted by Crippen LogP contribution is -2.11. The molecular weight excluding hydrogens is 352 g/mol. The van der Waals surface area contributed by atoms with E-state index in [1.807, 2.05) is 6.07 Å². The summed E-state index contributed by atoms with van der Waals surface area (Å²) in [6, 6.07) is 21.0. The Hall–Kier alpha value is -4.04. The topological polar surface area (TPSA) is 81.4 Å². The molecule has 0 fully saturated rings. The number of benzene rings is 3. The fraction of sp³-hybridized carbons (Fsp3) is 0.0435. The number of amides is 1. The summed E-state index contributed by atoms with van der Waals surface area (Å²) in [6.45, 7) is 0. The molecule has 0 aliphatic rings. The summed E-state index contributed by atoms with van der Waals surface area (Å²) in [5.41, 5.74) is 9.18. The Kier molecular flexibility index (Phi) is 5.73. The Morgan fingerprint density at radius 3 is 2.29 bits per heavy atom. The SMILES string of the molecule is COC(=O)c1ccccc1C#Cc1ccc(NC(=O)c2ccccc2)cc1N. The number of carbonyl (C=O) groups is 2. The average molecular weight is 370 g/mol. The number of anilines is 2. The van der Waals surface area contributed by atoms with Gasteiger partial charge in [-0.1, -0.05) is 42.2 Å². The normalized spacial score (nSPS) is 9.75. The molecule has 0 atom stereocenters. The van der Waals surface area contributed by atoms with Crippen LogP contribution in [0.4, 0.5) is 11.4 Å². The number of methoxy groups -OCH3 is 1. The fourth-order valence-corrected chi connectivity index (χ4v) is 2.56. The third-order valence-corrected chi connectivity index (χ3v) is 4.01. The van der Waals surface area contributed by atoms with E-state index in [4.69, 9.17) is 10.5 Å². The van der Waals surface area contributed by atoms with Gasteiger partial charge in [-0.05, 0) is 42.5 Å². The summed E-state index contributed by atoms with van der Waals surface area (Å²) in [7, 11) is 1.33. The van der Waals surface area contributed by atoms with Crippen molar-refractivity contribution in [2.24, 2.45) is 0 Å². The number of hydrogen-bond acceptors (Lipinski definition) is 4. The Labute approximate surface area is 163 Å². The molecule has 0 spiro atoms. The highest BCUT2D eigenvalue weighted by atomic mass is 16.5. The summed E-state index contributed by atoms with van der Waals surface area (Å²) in [5.74, 6) is 5.25. The van der Waals surface area contributed by atoms with Crippen LogP contribution in [0, 0.1) is 11.8 Å². The van der Waals surface area contributed by atoms with Gasteiger partial charge in [-0.15, -0.1) is 0 Å². The van der Waals surface area contributed by atoms with E-state index in [1.165, 1.54) is 7.11 Å². The van der Waals surface area contributed by atoms with E-state index in [0.717, 1.165) is 0 Å². The molecule has 0 aliphatic carbocycles. The number of rotatable bonds is 3. The van der Waals surface area contributed by atoms with Gasteiger partial charge in [-0.25, -0.2) is 4.79 Å². The van der Waals surface area contributed by atoms with Crippen LogP contribution in [0.15, 0.2) is 72.8 Å². The Morgan fingerprint density at radius 1 is 0.893 bits per heavy atom. The van der Waals surface area contributed by atoms with Crippen LogP contribution in [0.1, 0.15) is 31.8 Å². The third kappa shape index (κ3) is 4.37. The number of nitrogen functional groups attached to an aromatic ring is 1. The minimum atomic E-state index is -0.447. The molecule has 0 heterocycles. The van der Waals surface area contributed by atoms with Crippen LogP contribution in [-0.4, -0.2) is 19.0 Å². The lowest BCUT2D eigenvalue weighted by Gasteiger charge is -2.07. The number of esters is 1. The smallest absolute Gasteiger partial charge is 0.339 e. The first kappa shape index (κ1) is 18.7. The summed E-state index contributed by atoms with van der Waals surface area (Å²) < 4.78 is 4.77. The second kappa shape index (κ2) is 8.56. The van der Waals surface area contributed by atoms with Crippen molar-refractivity contribution in [3.63, 3.8) is 0 Å². The highest BCUT2D eigenvalue weighted by Crippen LogP contribution is 2.18. The minimum absolute atomic E-state index is 0.217. The van der Waals surface area contributed by atoms with Gasteiger partial charge in [-0.2, -0.15) is 0 Å². The van der Waals surface area contributed by atoms with E-state index in [9.17, 15) is 9.59 Å². The second-order valence-corrected chi connectivity index (χ2v) is 5.91. The Balaban J connectivity index is 1.81. The zero-order valence-corrected chi connectivity index (χ0v) is 15.2. The third-order valence-electron chi connectivity index (χ3n) is 4.01. The standard InChI is InChI=1S/C23H18N2O3/c1-28-23(27)20-10-6-5-7-16(20)11-12-17-13-14-19(15-21(17)24)25-22(26)18-8-3-2-4-9-18/h2-10,13-15H,24H2,1H3,(H,25,26). The number of hydrogen-bond donors (Lipinski definition) is 2. The molecule has 0 radical (unpaired) electrons. The van der Waals surface area contributed by atoms with Crippen molar-refractivity contribution >= 4 is 23.3 Å². The number of nitrogens with two attached hydrogens (primary N) is 1. The van der Waals surface area contributed by atoms with E-state index in [-0.39, 0.29) is 5.91 Å². The van der Waals surface area contributed by atoms with Crippen molar-refractivity contribution in [2.45, 2.75) is 0 Å². The first-order valence-corrected chi connectivity index (χ1v) is 8.54. The number of ether oxygens (including phenoxy) is 1. The van der Waals surface area contributed by atoms with Crippen LogP contribution >= 0.6 is 0 Å². The summed E-state index contributed by atoms with van der Waals surface area (Å²) in [6.07, 6.45) is 0. The molecule has 0 saturated carbocycles. The van der Waals surface area contributed by atoms with Gasteiger partial charge in [0.25, 0.3) is 5.91 Å². The molecule has 0 bridgehead atoms. The van der Waals surface area contributed by atoms with Crippen molar-refractivity contribution < 1.29 is 14.3 Å². The quantitative estimate of drug-likeness (QED) is 0.418. The molecule has 5 nitrogen and oxygen atoms in total. The van der Waals surface area contributed by atoms with Crippen LogP contribution in [0.3, 0.4) is 0 Å². The monoisotopic (exact) mass is 370 g/mol. The van der Waals surface area contributed by atoms with Gasteiger partial charge < -0.3 is 15.8 Å². The number of nitrogens with one attached hydrogen (secondary N) is 1. The van der Waals surface area contributed by atoms with E-state index in [2.05, 4.69) is 17.2 Å². The van der Waals surface area contributed by atoms with Crippen LogP contribution in [0.25, 0.3) is 0 Å². The van der Waals surface area contributed by atoms with Crippen LogP contribution in [0.2, 0.25) is 0 Å². The fourth-order valence-electron chi connectivity index (χ4n) is 2.56. The molecule has 138 valence electrons. The Morgan fingerprint density at radius 2 is 1.57 bits per heavy atom. The molecular formula is C23H18N2O3. The molecule has 0 saturated heterocycles. The van der Waals surface area contributed by atoms with Gasteiger partial charge in [0, 0.05) is 28.1 Å². The van der Waals surface area contributed by atoms with E-state index in [0.29, 0.717) is 33.6 Å². The van der Waals surface area contributed by atoms with Crippen molar-refractivity contribution in [3.05, 3.63) is 95.1 Å². The van der Waals surface area contributed by atoms with Crippen molar-refractivity contribution in [3.8, 4) is 11.8 Å². The summed E-state index contributed by atoms with van der Waals surface area (Å²) in [5, 5.41) is 2.80. The minimum Gasteiger partial charge on any atom is -0.465 e. The highest BCUT2D eigenvalue weighted by Gasteiger charge is 2.09. The first-order valence-electron chi connectivity index (χ1n) is 8.54. The maximum atomic E-state index is 12.2. The average Bonchev–Trinajstić information content (AvgIpc) is 2.73. The molecule has 3 aromatic rings. The molecule has 3 rings (SSSR count). The predicted octanol–water partition coefficient (Wildman–Crippen LogP) is 3.71. The molecule has 28 heavy (non-hydrogen) atoms. The van der Waals surface area contributed by atoms with Crippen molar-refractivity contribution in [1.82, 2.24) is 0 Å². The highest BCUT2D eigenvalue weighted by molar-refractivity contribution is 6.04. The molecule has 0 aliphatic heterocycles. The lowest BCUT2D eigenvalue weighted by molar-refractivity contribution is 0.0600. The predicted molar refractivity (Wildman–Crippen MR) is 109 cm³/mol. The largest absolute Gasteiger partial charge is 0.465 e. The maximum Gasteiger partial charge on any atom is 0.339 e. The maximum absolute atomic E-state index is 12.2. The van der Waals surface area contributed by atoms with E-state index in [1.54, 1.807) is 66.7 Å². The summed E-state index contributed by atoms with van der Waals surface area (Å²) >= 11 is 0. The number of carbonyl (C=O) groups excluding carboxylic acids is 2. The molecule has 0 unspecified atom stereocenters. The lowest BCUT2D eigenvalue weighted by atomic mass is 10.1. The molecule has 5 heteroatoms. The second-order valence-electron chi connectivity index (χ2n) is 5.91. The van der Waals surface area contributed by atoms with Gasteiger partial charge in [-0.3, -0.25) is 4.79 Å². The Bertz CT molecular complexity index is 1080. The van der Waals surface area contributed by atoms with Crippen molar-refractivity contribution in [2.75, 3.05) is 18.2 Å². The molecule has 3 aromatic carbocycles. The summed E-state index contributed by atoms with van der Waals surface area (Å²) in [4.78, 5) is 24.0. The molecule has 1 amide bonds. The zero-order valence-electron chi connectivity index (χ0n) is 15.2. The van der Waals surface area contributed by atoms with Gasteiger partial charge >= 0.3 is 5.97 Å². The van der Waals surface area contributed by atoms with Gasteiger partial charge in [0.1, 0.15) is 0 Å². The molecule has 3 N–H and O–H groups in total. The van der Waals surface area contributed by atoms with Gasteiger partial charge in [0.05, 0.1) is 12.7 Å².